The van der Waals surface area contributed by atoms with Crippen LogP contribution >= 0.6 is 0 Å². The van der Waals surface area contributed by atoms with Gasteiger partial charge in [0.05, 0.1) is 12.7 Å². The van der Waals surface area contributed by atoms with E-state index in [-0.39, 0.29) is 34.8 Å². The molecule has 0 aromatic heterocycles. The highest BCUT2D eigenvalue weighted by atomic mass is 19.2. The van der Waals surface area contributed by atoms with Gasteiger partial charge in [0.1, 0.15) is 6.10 Å². The number of epoxide rings is 1. The van der Waals surface area contributed by atoms with Crippen molar-refractivity contribution in [1.82, 2.24) is 0 Å². The molecule has 0 saturated carbocycles. The standard InChI is InChI=1S/C30H24F4O2/c1-17(35)19-8-10-21(11-9-19)23-13-12-22(27(31)28(23)32)7-4-18-2-5-20(6-3-18)24-14-15-25(26-16-36-26)30(34)29(24)33/h2-3,5-6,8-15,17,26,35H,4,7,16H2,1H3. The summed E-state index contributed by atoms with van der Waals surface area (Å²) in [7, 11) is 0. The van der Waals surface area contributed by atoms with Gasteiger partial charge in [-0.15, -0.1) is 0 Å². The summed E-state index contributed by atoms with van der Waals surface area (Å²) in [6, 6.07) is 19.8. The lowest BCUT2D eigenvalue weighted by molar-refractivity contribution is 0.199. The molecule has 1 aliphatic heterocycles. The van der Waals surface area contributed by atoms with Gasteiger partial charge < -0.3 is 9.84 Å². The van der Waals surface area contributed by atoms with Gasteiger partial charge in [0, 0.05) is 16.7 Å². The number of ether oxygens (including phenoxy) is 1. The zero-order valence-electron chi connectivity index (χ0n) is 19.6. The molecule has 0 bridgehead atoms. The minimum Gasteiger partial charge on any atom is -0.389 e. The summed E-state index contributed by atoms with van der Waals surface area (Å²) in [4.78, 5) is 0. The zero-order valence-corrected chi connectivity index (χ0v) is 19.6. The maximum atomic E-state index is 14.8. The number of aryl methyl sites for hydroxylation is 2. The molecular weight excluding hydrogens is 468 g/mol. The van der Waals surface area contributed by atoms with Crippen molar-refractivity contribution < 1.29 is 27.4 Å². The highest BCUT2D eigenvalue weighted by Gasteiger charge is 2.30. The third-order valence-electron chi connectivity index (χ3n) is 6.61. The van der Waals surface area contributed by atoms with Crippen LogP contribution in [0.15, 0.2) is 72.8 Å². The maximum Gasteiger partial charge on any atom is 0.167 e. The molecule has 184 valence electrons. The Bertz CT molecular complexity index is 1390. The molecule has 1 heterocycles. The minimum atomic E-state index is -0.912. The Morgan fingerprint density at radius 1 is 0.722 bits per heavy atom. The second kappa shape index (κ2) is 9.88. The van der Waals surface area contributed by atoms with Crippen LogP contribution in [0.4, 0.5) is 17.6 Å². The molecule has 6 heteroatoms. The molecule has 1 fully saturated rings. The summed E-state index contributed by atoms with van der Waals surface area (Å²) in [6.07, 6.45) is -0.276. The number of aliphatic hydroxyl groups excluding tert-OH is 1. The normalized spacial score (nSPS) is 15.7. The Morgan fingerprint density at radius 2 is 1.28 bits per heavy atom. The first-order valence-electron chi connectivity index (χ1n) is 11.8. The van der Waals surface area contributed by atoms with E-state index in [2.05, 4.69) is 0 Å². The van der Waals surface area contributed by atoms with Crippen LogP contribution < -0.4 is 0 Å². The second-order valence-corrected chi connectivity index (χ2v) is 9.05. The van der Waals surface area contributed by atoms with E-state index in [0.717, 1.165) is 5.56 Å². The van der Waals surface area contributed by atoms with E-state index in [1.165, 1.54) is 0 Å². The summed E-state index contributed by atoms with van der Waals surface area (Å²) in [5.74, 6) is -3.60. The number of rotatable bonds is 7. The van der Waals surface area contributed by atoms with Gasteiger partial charge in [-0.2, -0.15) is 0 Å². The Hall–Kier alpha value is -3.48. The number of hydrogen-bond donors (Lipinski definition) is 1. The van der Waals surface area contributed by atoms with Gasteiger partial charge in [-0.1, -0.05) is 72.8 Å². The van der Waals surface area contributed by atoms with Crippen molar-refractivity contribution in [1.29, 1.82) is 0 Å². The van der Waals surface area contributed by atoms with Crippen LogP contribution in [0.3, 0.4) is 0 Å². The third-order valence-corrected chi connectivity index (χ3v) is 6.61. The molecule has 0 spiro atoms. The number of hydrogen-bond acceptors (Lipinski definition) is 2. The summed E-state index contributed by atoms with van der Waals surface area (Å²) in [5, 5.41) is 9.63. The summed E-state index contributed by atoms with van der Waals surface area (Å²) >= 11 is 0. The number of benzene rings is 4. The van der Waals surface area contributed by atoms with Crippen LogP contribution in [0.2, 0.25) is 0 Å². The average molecular weight is 493 g/mol. The summed E-state index contributed by atoms with van der Waals surface area (Å²) in [5.41, 5.74) is 3.41. The maximum absolute atomic E-state index is 14.8. The largest absolute Gasteiger partial charge is 0.389 e. The van der Waals surface area contributed by atoms with Crippen molar-refractivity contribution in [2.75, 3.05) is 6.61 Å². The van der Waals surface area contributed by atoms with Gasteiger partial charge in [-0.05, 0) is 47.6 Å². The molecule has 1 N–H and O–H groups in total. The Balaban J connectivity index is 1.29. The molecule has 36 heavy (non-hydrogen) atoms. The smallest absolute Gasteiger partial charge is 0.167 e. The molecule has 5 rings (SSSR count). The van der Waals surface area contributed by atoms with E-state index in [4.69, 9.17) is 4.74 Å². The van der Waals surface area contributed by atoms with Gasteiger partial charge in [-0.25, -0.2) is 17.6 Å². The van der Waals surface area contributed by atoms with E-state index in [9.17, 15) is 22.7 Å². The Morgan fingerprint density at radius 3 is 1.86 bits per heavy atom. The SMILES string of the molecule is CC(O)c1ccc(-c2ccc(CCc3ccc(-c4ccc(C5CO5)c(F)c4F)cc3)c(F)c2F)cc1. The lowest BCUT2D eigenvalue weighted by atomic mass is 9.96. The molecule has 2 atom stereocenters. The second-order valence-electron chi connectivity index (χ2n) is 9.05. The molecule has 1 saturated heterocycles. The minimum absolute atomic E-state index is 0.159. The first-order valence-corrected chi connectivity index (χ1v) is 11.8. The topological polar surface area (TPSA) is 32.8 Å². The van der Waals surface area contributed by atoms with Crippen LogP contribution in [0.5, 0.6) is 0 Å². The van der Waals surface area contributed by atoms with Crippen molar-refractivity contribution in [3.05, 3.63) is 118 Å². The molecule has 4 aromatic carbocycles. The monoisotopic (exact) mass is 492 g/mol. The van der Waals surface area contributed by atoms with Crippen LogP contribution in [-0.4, -0.2) is 11.7 Å². The van der Waals surface area contributed by atoms with E-state index in [0.29, 0.717) is 29.7 Å². The fraction of sp³-hybridized carbons (Fsp3) is 0.200. The third kappa shape index (κ3) is 4.79. The molecule has 2 nitrogen and oxygen atoms in total. The van der Waals surface area contributed by atoms with Gasteiger partial charge in [0.15, 0.2) is 23.3 Å². The fourth-order valence-electron chi connectivity index (χ4n) is 4.34. The van der Waals surface area contributed by atoms with E-state index < -0.39 is 29.4 Å². The summed E-state index contributed by atoms with van der Waals surface area (Å²) < 4.78 is 63.6. The average Bonchev–Trinajstić information content (AvgIpc) is 3.72. The van der Waals surface area contributed by atoms with E-state index in [1.807, 2.05) is 0 Å². The molecule has 2 unspecified atom stereocenters. The van der Waals surface area contributed by atoms with Crippen molar-refractivity contribution in [2.24, 2.45) is 0 Å². The highest BCUT2D eigenvalue weighted by Crippen LogP contribution is 2.36. The summed E-state index contributed by atoms with van der Waals surface area (Å²) in [6.45, 7) is 2.03. The lowest BCUT2D eigenvalue weighted by Gasteiger charge is -2.11. The van der Waals surface area contributed by atoms with Crippen LogP contribution in [0, 0.1) is 23.3 Å². The van der Waals surface area contributed by atoms with Gasteiger partial charge in [0.25, 0.3) is 0 Å². The highest BCUT2D eigenvalue weighted by molar-refractivity contribution is 5.66. The van der Waals surface area contributed by atoms with E-state index >= 15 is 0 Å². The Kier molecular flexibility index (Phi) is 6.65. The molecular formula is C30H24F4O2. The molecule has 0 amide bonds. The van der Waals surface area contributed by atoms with Crippen LogP contribution in [-0.2, 0) is 17.6 Å². The first-order chi connectivity index (χ1) is 17.3. The quantitative estimate of drug-likeness (QED) is 0.214. The fourth-order valence-corrected chi connectivity index (χ4v) is 4.34. The van der Waals surface area contributed by atoms with Crippen LogP contribution in [0.25, 0.3) is 22.3 Å². The van der Waals surface area contributed by atoms with Crippen LogP contribution in [0.1, 0.15) is 41.4 Å². The Labute approximate surface area is 206 Å². The van der Waals surface area contributed by atoms with Crippen molar-refractivity contribution >= 4 is 0 Å². The van der Waals surface area contributed by atoms with Crippen molar-refractivity contribution in [3.8, 4) is 22.3 Å². The van der Waals surface area contributed by atoms with Gasteiger partial charge >= 0.3 is 0 Å². The van der Waals surface area contributed by atoms with Gasteiger partial charge in [-0.3, -0.25) is 0 Å². The number of aliphatic hydroxyl groups is 1. The van der Waals surface area contributed by atoms with Crippen molar-refractivity contribution in [2.45, 2.75) is 32.0 Å². The molecule has 4 aromatic rings. The lowest BCUT2D eigenvalue weighted by Crippen LogP contribution is -2.00. The predicted molar refractivity (Wildman–Crippen MR) is 130 cm³/mol. The van der Waals surface area contributed by atoms with Crippen molar-refractivity contribution in [3.63, 3.8) is 0 Å². The zero-order chi connectivity index (χ0) is 25.4. The van der Waals surface area contributed by atoms with Gasteiger partial charge in [0.2, 0.25) is 0 Å². The first kappa shape index (κ1) is 24.2. The molecule has 1 aliphatic rings. The predicted octanol–water partition coefficient (Wildman–Crippen LogP) is 7.49. The molecule has 0 radical (unpaired) electrons. The number of halogens is 4. The van der Waals surface area contributed by atoms with E-state index in [1.54, 1.807) is 79.7 Å². The molecule has 0 aliphatic carbocycles.